The Hall–Kier alpha value is -2.69. The maximum atomic E-state index is 12.2. The average molecular weight is 300 g/mol. The Morgan fingerprint density at radius 1 is 1.27 bits per heavy atom. The molecule has 5 nitrogen and oxygen atoms in total. The van der Waals surface area contributed by atoms with Crippen LogP contribution in [0.15, 0.2) is 36.4 Å². The van der Waals surface area contributed by atoms with Gasteiger partial charge in [-0.1, -0.05) is 13.0 Å². The summed E-state index contributed by atoms with van der Waals surface area (Å²) in [4.78, 5) is 12.2. The lowest BCUT2D eigenvalue weighted by molar-refractivity contribution is 0.102. The Morgan fingerprint density at radius 2 is 2.05 bits per heavy atom. The van der Waals surface area contributed by atoms with Crippen molar-refractivity contribution in [2.75, 3.05) is 17.7 Å². The summed E-state index contributed by atoms with van der Waals surface area (Å²) in [7, 11) is 0. The number of rotatable bonds is 5. The summed E-state index contributed by atoms with van der Waals surface area (Å²) in [5.41, 5.74) is 7.98. The van der Waals surface area contributed by atoms with Crippen LogP contribution < -0.4 is 15.8 Å². The molecule has 0 unspecified atom stereocenters. The molecule has 22 heavy (non-hydrogen) atoms. The predicted molar refractivity (Wildman–Crippen MR) is 87.4 cm³/mol. The normalized spacial score (nSPS) is 10.3. The lowest BCUT2D eigenvalue weighted by Crippen LogP contribution is -2.12. The Kier molecular flexibility index (Phi) is 4.88. The molecule has 116 valence electrons. The topological polar surface area (TPSA) is 84.6 Å². The number of anilines is 2. The van der Waals surface area contributed by atoms with E-state index in [-0.39, 0.29) is 11.7 Å². The number of amides is 1. The molecule has 2 aromatic rings. The van der Waals surface area contributed by atoms with Crippen molar-refractivity contribution in [2.45, 2.75) is 20.3 Å². The SMILES string of the molecule is CCCOc1ccc(C(=O)Nc2ccc(C)cc2O)cc1N. The minimum atomic E-state index is -0.340. The highest BCUT2D eigenvalue weighted by atomic mass is 16.5. The zero-order chi connectivity index (χ0) is 16.1. The summed E-state index contributed by atoms with van der Waals surface area (Å²) < 4.78 is 5.47. The molecule has 0 radical (unpaired) electrons. The van der Waals surface area contributed by atoms with Crippen LogP contribution in [-0.4, -0.2) is 17.6 Å². The average Bonchev–Trinajstić information content (AvgIpc) is 2.48. The molecule has 0 aliphatic carbocycles. The van der Waals surface area contributed by atoms with Gasteiger partial charge in [0.05, 0.1) is 18.0 Å². The summed E-state index contributed by atoms with van der Waals surface area (Å²) in [5, 5.41) is 12.5. The van der Waals surface area contributed by atoms with Crippen molar-refractivity contribution >= 4 is 17.3 Å². The van der Waals surface area contributed by atoms with E-state index in [9.17, 15) is 9.90 Å². The maximum Gasteiger partial charge on any atom is 0.255 e. The summed E-state index contributed by atoms with van der Waals surface area (Å²) in [6.07, 6.45) is 0.883. The number of nitrogen functional groups attached to an aromatic ring is 1. The number of phenols is 1. The van der Waals surface area contributed by atoms with Crippen LogP contribution in [0.1, 0.15) is 29.3 Å². The van der Waals surface area contributed by atoms with E-state index >= 15 is 0 Å². The fourth-order valence-corrected chi connectivity index (χ4v) is 1.98. The summed E-state index contributed by atoms with van der Waals surface area (Å²) >= 11 is 0. The van der Waals surface area contributed by atoms with Crippen LogP contribution in [0.25, 0.3) is 0 Å². The number of nitrogens with one attached hydrogen (secondary N) is 1. The van der Waals surface area contributed by atoms with Gasteiger partial charge in [0.25, 0.3) is 5.91 Å². The minimum absolute atomic E-state index is 0.0317. The number of carbonyl (C=O) groups is 1. The number of hydrogen-bond donors (Lipinski definition) is 3. The highest BCUT2D eigenvalue weighted by Crippen LogP contribution is 2.26. The van der Waals surface area contributed by atoms with E-state index in [0.717, 1.165) is 12.0 Å². The summed E-state index contributed by atoms with van der Waals surface area (Å²) in [6, 6.07) is 9.93. The molecular weight excluding hydrogens is 280 g/mol. The van der Waals surface area contributed by atoms with Gasteiger partial charge in [0.1, 0.15) is 11.5 Å². The van der Waals surface area contributed by atoms with E-state index in [2.05, 4.69) is 5.32 Å². The Morgan fingerprint density at radius 3 is 2.68 bits per heavy atom. The lowest BCUT2D eigenvalue weighted by atomic mass is 10.1. The molecule has 0 aliphatic rings. The van der Waals surface area contributed by atoms with Gasteiger partial charge in [-0.05, 0) is 49.2 Å². The van der Waals surface area contributed by atoms with Crippen LogP contribution in [0.3, 0.4) is 0 Å². The number of nitrogens with two attached hydrogens (primary N) is 1. The first-order valence-electron chi connectivity index (χ1n) is 7.14. The van der Waals surface area contributed by atoms with Crippen molar-refractivity contribution in [3.05, 3.63) is 47.5 Å². The van der Waals surface area contributed by atoms with Gasteiger partial charge in [-0.15, -0.1) is 0 Å². The maximum absolute atomic E-state index is 12.2. The van der Waals surface area contributed by atoms with Crippen molar-refractivity contribution in [3.63, 3.8) is 0 Å². The van der Waals surface area contributed by atoms with Gasteiger partial charge in [0, 0.05) is 5.56 Å². The number of aromatic hydroxyl groups is 1. The van der Waals surface area contributed by atoms with Gasteiger partial charge in [0.2, 0.25) is 0 Å². The first kappa shape index (κ1) is 15.7. The van der Waals surface area contributed by atoms with Crippen molar-refractivity contribution in [3.8, 4) is 11.5 Å². The molecule has 1 amide bonds. The second-order valence-electron chi connectivity index (χ2n) is 5.08. The number of benzene rings is 2. The molecule has 4 N–H and O–H groups in total. The molecule has 0 saturated carbocycles. The highest BCUT2D eigenvalue weighted by molar-refractivity contribution is 6.05. The van der Waals surface area contributed by atoms with E-state index in [4.69, 9.17) is 10.5 Å². The molecule has 0 aromatic heterocycles. The molecule has 2 rings (SSSR count). The van der Waals surface area contributed by atoms with E-state index < -0.39 is 0 Å². The molecule has 5 heteroatoms. The predicted octanol–water partition coefficient (Wildman–Crippen LogP) is 3.32. The molecule has 0 spiro atoms. The molecule has 0 atom stereocenters. The van der Waals surface area contributed by atoms with Gasteiger partial charge in [-0.3, -0.25) is 4.79 Å². The second-order valence-corrected chi connectivity index (χ2v) is 5.08. The fraction of sp³-hybridized carbons (Fsp3) is 0.235. The van der Waals surface area contributed by atoms with E-state index in [0.29, 0.717) is 29.3 Å². The zero-order valence-electron chi connectivity index (χ0n) is 12.7. The van der Waals surface area contributed by atoms with Gasteiger partial charge in [-0.25, -0.2) is 0 Å². The second kappa shape index (κ2) is 6.85. The van der Waals surface area contributed by atoms with E-state index in [1.807, 2.05) is 19.9 Å². The van der Waals surface area contributed by atoms with Crippen molar-refractivity contribution < 1.29 is 14.6 Å². The number of aryl methyl sites for hydroxylation is 1. The van der Waals surface area contributed by atoms with E-state index in [1.165, 1.54) is 0 Å². The molecule has 0 aliphatic heterocycles. The molecule has 2 aromatic carbocycles. The summed E-state index contributed by atoms with van der Waals surface area (Å²) in [6.45, 7) is 4.44. The third-order valence-corrected chi connectivity index (χ3v) is 3.14. The van der Waals surface area contributed by atoms with Crippen molar-refractivity contribution in [2.24, 2.45) is 0 Å². The standard InChI is InChI=1S/C17H20N2O3/c1-3-8-22-16-7-5-12(10-13(16)18)17(21)19-14-6-4-11(2)9-15(14)20/h4-7,9-10,20H,3,8,18H2,1-2H3,(H,19,21). The van der Waals surface area contributed by atoms with Crippen molar-refractivity contribution in [1.29, 1.82) is 0 Å². The number of hydrogen-bond acceptors (Lipinski definition) is 4. The van der Waals surface area contributed by atoms with Gasteiger partial charge >= 0.3 is 0 Å². The molecule has 0 bridgehead atoms. The highest BCUT2D eigenvalue weighted by Gasteiger charge is 2.11. The monoisotopic (exact) mass is 300 g/mol. The number of carbonyl (C=O) groups excluding carboxylic acids is 1. The van der Waals surface area contributed by atoms with Gasteiger partial charge < -0.3 is 20.9 Å². The number of phenolic OH excluding ortho intramolecular Hbond substituents is 1. The zero-order valence-corrected chi connectivity index (χ0v) is 12.7. The quantitative estimate of drug-likeness (QED) is 0.584. The molecule has 0 saturated heterocycles. The number of ether oxygens (including phenoxy) is 1. The van der Waals surface area contributed by atoms with E-state index in [1.54, 1.807) is 30.3 Å². The first-order valence-corrected chi connectivity index (χ1v) is 7.14. The molecule has 0 heterocycles. The fourth-order valence-electron chi connectivity index (χ4n) is 1.98. The van der Waals surface area contributed by atoms with Crippen LogP contribution in [0.5, 0.6) is 11.5 Å². The Labute approximate surface area is 129 Å². The van der Waals surface area contributed by atoms with Crippen LogP contribution >= 0.6 is 0 Å². The Bertz CT molecular complexity index is 684. The van der Waals surface area contributed by atoms with Crippen LogP contribution in [0.2, 0.25) is 0 Å². The molecule has 0 fully saturated rings. The van der Waals surface area contributed by atoms with Crippen LogP contribution in [0.4, 0.5) is 11.4 Å². The Balaban J connectivity index is 2.14. The molecular formula is C17H20N2O3. The third kappa shape index (κ3) is 3.69. The van der Waals surface area contributed by atoms with Crippen molar-refractivity contribution in [1.82, 2.24) is 0 Å². The third-order valence-electron chi connectivity index (χ3n) is 3.14. The minimum Gasteiger partial charge on any atom is -0.506 e. The smallest absolute Gasteiger partial charge is 0.255 e. The largest absolute Gasteiger partial charge is 0.506 e. The van der Waals surface area contributed by atoms with Crippen LogP contribution in [-0.2, 0) is 0 Å². The first-order chi connectivity index (χ1) is 10.5. The van der Waals surface area contributed by atoms with Crippen LogP contribution in [0, 0.1) is 6.92 Å². The lowest BCUT2D eigenvalue weighted by Gasteiger charge is -2.11. The van der Waals surface area contributed by atoms with Gasteiger partial charge in [0.15, 0.2) is 0 Å². The van der Waals surface area contributed by atoms with Gasteiger partial charge in [-0.2, -0.15) is 0 Å². The summed E-state index contributed by atoms with van der Waals surface area (Å²) in [5.74, 6) is 0.258.